The Morgan fingerprint density at radius 3 is 2.53 bits per heavy atom. The first-order valence-corrected chi connectivity index (χ1v) is 5.60. The van der Waals surface area contributed by atoms with Crippen LogP contribution in [0.5, 0.6) is 0 Å². The second-order valence-corrected chi connectivity index (χ2v) is 5.20. The van der Waals surface area contributed by atoms with Crippen molar-refractivity contribution < 1.29 is 5.11 Å². The summed E-state index contributed by atoms with van der Waals surface area (Å²) in [6, 6.07) is 5.63. The van der Waals surface area contributed by atoms with Gasteiger partial charge in [-0.25, -0.2) is 0 Å². The molecule has 0 atom stereocenters. The molecule has 1 N–H and O–H groups in total. The third-order valence-corrected chi connectivity index (χ3v) is 3.26. The van der Waals surface area contributed by atoms with Crippen LogP contribution in [-0.2, 0) is 6.54 Å². The molecule has 82 valence electrons. The van der Waals surface area contributed by atoms with Crippen LogP contribution in [0.25, 0.3) is 0 Å². The van der Waals surface area contributed by atoms with Gasteiger partial charge in [0.1, 0.15) is 0 Å². The van der Waals surface area contributed by atoms with Crippen LogP contribution >= 0.6 is 23.2 Å². The molecule has 0 bridgehead atoms. The molecule has 4 heteroatoms. The van der Waals surface area contributed by atoms with Crippen molar-refractivity contribution in [2.45, 2.75) is 19.1 Å². The van der Waals surface area contributed by atoms with Gasteiger partial charge in [0.25, 0.3) is 0 Å². The van der Waals surface area contributed by atoms with E-state index in [0.717, 1.165) is 12.1 Å². The minimum Gasteiger partial charge on any atom is -0.388 e. The third kappa shape index (κ3) is 2.64. The van der Waals surface area contributed by atoms with Crippen molar-refractivity contribution in [3.05, 3.63) is 33.8 Å². The van der Waals surface area contributed by atoms with E-state index < -0.39 is 5.60 Å². The highest BCUT2D eigenvalue weighted by Gasteiger charge is 2.35. The molecule has 1 aliphatic heterocycles. The van der Waals surface area contributed by atoms with Crippen LogP contribution in [-0.4, -0.2) is 28.7 Å². The van der Waals surface area contributed by atoms with E-state index in [-0.39, 0.29) is 0 Å². The van der Waals surface area contributed by atoms with Crippen LogP contribution < -0.4 is 0 Å². The van der Waals surface area contributed by atoms with Crippen LogP contribution in [0, 0.1) is 0 Å². The quantitative estimate of drug-likeness (QED) is 0.866. The molecule has 2 nitrogen and oxygen atoms in total. The first-order valence-electron chi connectivity index (χ1n) is 4.85. The summed E-state index contributed by atoms with van der Waals surface area (Å²) in [4.78, 5) is 2.17. The van der Waals surface area contributed by atoms with E-state index >= 15 is 0 Å². The molecule has 1 saturated heterocycles. The highest BCUT2D eigenvalue weighted by atomic mass is 35.5. The fourth-order valence-corrected chi connectivity index (χ4v) is 2.25. The van der Waals surface area contributed by atoms with Crippen molar-refractivity contribution in [2.24, 2.45) is 0 Å². The Morgan fingerprint density at radius 1 is 1.33 bits per heavy atom. The molecular weight excluding hydrogens is 233 g/mol. The van der Waals surface area contributed by atoms with Crippen molar-refractivity contribution >= 4 is 23.2 Å². The van der Waals surface area contributed by atoms with E-state index in [4.69, 9.17) is 23.2 Å². The summed E-state index contributed by atoms with van der Waals surface area (Å²) in [7, 11) is 0. The summed E-state index contributed by atoms with van der Waals surface area (Å²) in [5.74, 6) is 0. The van der Waals surface area contributed by atoms with Gasteiger partial charge >= 0.3 is 0 Å². The van der Waals surface area contributed by atoms with Crippen molar-refractivity contribution in [3.63, 3.8) is 0 Å². The minimum atomic E-state index is -0.518. The molecule has 1 aromatic carbocycles. The Bertz CT molecular complexity index is 371. The Hall–Kier alpha value is -0.280. The highest BCUT2D eigenvalue weighted by Crippen LogP contribution is 2.26. The topological polar surface area (TPSA) is 23.5 Å². The predicted octanol–water partition coefficient (Wildman–Crippen LogP) is 2.56. The number of hydrogen-bond donors (Lipinski definition) is 1. The molecule has 0 aliphatic carbocycles. The van der Waals surface area contributed by atoms with E-state index in [9.17, 15) is 5.11 Å². The molecule has 0 radical (unpaired) electrons. The van der Waals surface area contributed by atoms with Gasteiger partial charge in [0, 0.05) is 19.6 Å². The van der Waals surface area contributed by atoms with Gasteiger partial charge in [-0.2, -0.15) is 0 Å². The van der Waals surface area contributed by atoms with Crippen LogP contribution in [0.1, 0.15) is 12.5 Å². The molecule has 1 fully saturated rings. The van der Waals surface area contributed by atoms with E-state index in [1.165, 1.54) is 0 Å². The van der Waals surface area contributed by atoms with Crippen molar-refractivity contribution in [1.29, 1.82) is 0 Å². The maximum Gasteiger partial charge on any atom is 0.0872 e. The summed E-state index contributed by atoms with van der Waals surface area (Å²) in [6.45, 7) is 4.09. The lowest BCUT2D eigenvalue weighted by molar-refractivity contribution is -0.0871. The Labute approximate surface area is 99.4 Å². The zero-order valence-corrected chi connectivity index (χ0v) is 10.0. The lowest BCUT2D eigenvalue weighted by Gasteiger charge is -2.44. The minimum absolute atomic E-state index is 0.518. The first kappa shape index (κ1) is 11.2. The predicted molar refractivity (Wildman–Crippen MR) is 62.4 cm³/mol. The molecule has 0 saturated carbocycles. The summed E-state index contributed by atoms with van der Waals surface area (Å²) < 4.78 is 0. The molecule has 0 spiro atoms. The SMILES string of the molecule is CC1(O)CN(Cc2ccc(Cl)c(Cl)c2)C1. The number of aliphatic hydroxyl groups is 1. The maximum atomic E-state index is 9.57. The zero-order valence-electron chi connectivity index (χ0n) is 8.50. The monoisotopic (exact) mass is 245 g/mol. The van der Waals surface area contributed by atoms with Gasteiger partial charge in [-0.3, -0.25) is 4.90 Å². The van der Waals surface area contributed by atoms with Crippen LogP contribution in [0.4, 0.5) is 0 Å². The molecule has 2 rings (SSSR count). The number of likely N-dealkylation sites (tertiary alicyclic amines) is 1. The summed E-state index contributed by atoms with van der Waals surface area (Å²) in [5, 5.41) is 10.7. The van der Waals surface area contributed by atoms with Gasteiger partial charge in [0.15, 0.2) is 0 Å². The standard InChI is InChI=1S/C11H13Cl2NO/c1-11(15)6-14(7-11)5-8-2-3-9(12)10(13)4-8/h2-4,15H,5-7H2,1H3. The van der Waals surface area contributed by atoms with Crippen LogP contribution in [0.15, 0.2) is 18.2 Å². The Balaban J connectivity index is 1.98. The number of halogens is 2. The van der Waals surface area contributed by atoms with Crippen molar-refractivity contribution in [1.82, 2.24) is 4.90 Å². The summed E-state index contributed by atoms with van der Waals surface area (Å²) in [5.41, 5.74) is 0.607. The van der Waals surface area contributed by atoms with E-state index in [0.29, 0.717) is 23.1 Å². The molecule has 1 aliphatic rings. The second-order valence-electron chi connectivity index (χ2n) is 4.39. The van der Waals surface area contributed by atoms with Gasteiger partial charge in [0.05, 0.1) is 15.6 Å². The van der Waals surface area contributed by atoms with Gasteiger partial charge in [-0.05, 0) is 24.6 Å². The smallest absolute Gasteiger partial charge is 0.0872 e. The molecule has 0 amide bonds. The molecule has 1 aromatic rings. The number of benzene rings is 1. The van der Waals surface area contributed by atoms with E-state index in [1.807, 2.05) is 19.1 Å². The fourth-order valence-electron chi connectivity index (χ4n) is 1.93. The average molecular weight is 246 g/mol. The van der Waals surface area contributed by atoms with Crippen molar-refractivity contribution in [3.8, 4) is 0 Å². The average Bonchev–Trinajstić information content (AvgIpc) is 2.08. The molecule has 0 aromatic heterocycles. The molecule has 0 unspecified atom stereocenters. The van der Waals surface area contributed by atoms with Crippen LogP contribution in [0.3, 0.4) is 0 Å². The molecule has 1 heterocycles. The second kappa shape index (κ2) is 3.95. The molecule has 15 heavy (non-hydrogen) atoms. The summed E-state index contributed by atoms with van der Waals surface area (Å²) >= 11 is 11.7. The Morgan fingerprint density at radius 2 is 2.00 bits per heavy atom. The van der Waals surface area contributed by atoms with Crippen LogP contribution in [0.2, 0.25) is 10.0 Å². The Kier molecular flexibility index (Phi) is 2.95. The number of rotatable bonds is 2. The summed E-state index contributed by atoms with van der Waals surface area (Å²) in [6.07, 6.45) is 0. The normalized spacial score (nSPS) is 20.0. The molecular formula is C11H13Cl2NO. The van der Waals surface area contributed by atoms with E-state index in [2.05, 4.69) is 4.90 Å². The first-order chi connectivity index (χ1) is 6.96. The number of hydrogen-bond acceptors (Lipinski definition) is 2. The van der Waals surface area contributed by atoms with E-state index in [1.54, 1.807) is 6.07 Å². The largest absolute Gasteiger partial charge is 0.388 e. The van der Waals surface area contributed by atoms with Gasteiger partial charge in [0.2, 0.25) is 0 Å². The van der Waals surface area contributed by atoms with Crippen molar-refractivity contribution in [2.75, 3.05) is 13.1 Å². The van der Waals surface area contributed by atoms with Gasteiger partial charge < -0.3 is 5.11 Å². The van der Waals surface area contributed by atoms with Gasteiger partial charge in [-0.15, -0.1) is 0 Å². The highest BCUT2D eigenvalue weighted by molar-refractivity contribution is 6.42. The lowest BCUT2D eigenvalue weighted by Crippen LogP contribution is -2.59. The van der Waals surface area contributed by atoms with Gasteiger partial charge in [-0.1, -0.05) is 29.3 Å². The maximum absolute atomic E-state index is 9.57. The number of nitrogens with zero attached hydrogens (tertiary/aromatic N) is 1. The fraction of sp³-hybridized carbons (Fsp3) is 0.455. The zero-order chi connectivity index (χ0) is 11.1. The number of β-amino-alcohol motifs (C(OH)–C–C–N with tert-alkyl or cyclic N) is 1. The third-order valence-electron chi connectivity index (χ3n) is 2.52. The lowest BCUT2D eigenvalue weighted by atomic mass is 9.96.